The van der Waals surface area contributed by atoms with Gasteiger partial charge in [0.05, 0.1) is 10.6 Å². The van der Waals surface area contributed by atoms with Crippen molar-refractivity contribution in [3.8, 4) is 5.82 Å². The van der Waals surface area contributed by atoms with Crippen molar-refractivity contribution >= 4 is 23.4 Å². The van der Waals surface area contributed by atoms with Crippen LogP contribution in [-0.2, 0) is 12.8 Å². The zero-order valence-electron chi connectivity index (χ0n) is 12.3. The lowest BCUT2D eigenvalue weighted by Gasteiger charge is -2.12. The highest BCUT2D eigenvalue weighted by atomic mass is 35.5. The molecule has 5 nitrogen and oxygen atoms in total. The van der Waals surface area contributed by atoms with Crippen molar-refractivity contribution in [1.82, 2.24) is 14.0 Å². The van der Waals surface area contributed by atoms with E-state index >= 15 is 0 Å². The van der Waals surface area contributed by atoms with E-state index in [-0.39, 0.29) is 22.0 Å². The van der Waals surface area contributed by atoms with Gasteiger partial charge in [0.1, 0.15) is 5.52 Å². The van der Waals surface area contributed by atoms with Crippen molar-refractivity contribution in [3.05, 3.63) is 62.9 Å². The van der Waals surface area contributed by atoms with Gasteiger partial charge in [-0.05, 0) is 43.4 Å². The van der Waals surface area contributed by atoms with Crippen molar-refractivity contribution in [2.75, 3.05) is 0 Å². The largest absolute Gasteiger partial charge is 0.314 e. The Hall–Kier alpha value is -2.40. The summed E-state index contributed by atoms with van der Waals surface area (Å²) in [6.07, 6.45) is 9.92. The van der Waals surface area contributed by atoms with Crippen LogP contribution in [0.4, 0.5) is 0 Å². The van der Waals surface area contributed by atoms with Gasteiger partial charge in [-0.3, -0.25) is 14.2 Å². The highest BCUT2D eigenvalue weighted by molar-refractivity contribution is 6.33. The highest BCUT2D eigenvalue weighted by Gasteiger charge is 2.18. The van der Waals surface area contributed by atoms with Crippen LogP contribution >= 0.6 is 11.6 Å². The van der Waals surface area contributed by atoms with Gasteiger partial charge in [-0.1, -0.05) is 11.6 Å². The van der Waals surface area contributed by atoms with E-state index in [9.17, 15) is 9.59 Å². The van der Waals surface area contributed by atoms with Crippen LogP contribution in [0.25, 0.3) is 11.3 Å². The van der Waals surface area contributed by atoms with E-state index in [1.54, 1.807) is 6.20 Å². The molecule has 0 N–H and O–H groups in total. The molecule has 0 fully saturated rings. The van der Waals surface area contributed by atoms with E-state index in [1.165, 1.54) is 28.1 Å². The fourth-order valence-electron chi connectivity index (χ4n) is 3.29. The SMILES string of the molecule is O=Cc1c(Cl)ccnc1-n1ccn2c3c(cc2c1=O)CCCC3. The summed E-state index contributed by atoms with van der Waals surface area (Å²) in [7, 11) is 0. The minimum Gasteiger partial charge on any atom is -0.314 e. The van der Waals surface area contributed by atoms with Gasteiger partial charge in [-0.2, -0.15) is 0 Å². The Morgan fingerprint density at radius 3 is 2.87 bits per heavy atom. The average molecular weight is 328 g/mol. The number of carbonyl (C=O) groups is 1. The van der Waals surface area contributed by atoms with Crippen LogP contribution < -0.4 is 5.56 Å². The third-order valence-corrected chi connectivity index (χ3v) is 4.74. The first-order chi connectivity index (χ1) is 11.2. The fraction of sp³-hybridized carbons (Fsp3) is 0.235. The molecule has 0 aliphatic heterocycles. The number of pyridine rings is 1. The Balaban J connectivity index is 2.00. The summed E-state index contributed by atoms with van der Waals surface area (Å²) < 4.78 is 3.34. The molecular weight excluding hydrogens is 314 g/mol. The number of aromatic nitrogens is 3. The van der Waals surface area contributed by atoms with Gasteiger partial charge in [0.2, 0.25) is 0 Å². The molecule has 1 aliphatic rings. The van der Waals surface area contributed by atoms with Crippen LogP contribution in [0, 0.1) is 0 Å². The Bertz CT molecular complexity index is 987. The third kappa shape index (κ3) is 2.11. The van der Waals surface area contributed by atoms with Crippen LogP contribution in [0.3, 0.4) is 0 Å². The lowest BCUT2D eigenvalue weighted by Crippen LogP contribution is -2.22. The monoisotopic (exact) mass is 327 g/mol. The van der Waals surface area contributed by atoms with Crippen molar-refractivity contribution < 1.29 is 4.79 Å². The van der Waals surface area contributed by atoms with E-state index in [2.05, 4.69) is 4.98 Å². The number of halogens is 1. The number of rotatable bonds is 2. The molecule has 0 amide bonds. The zero-order chi connectivity index (χ0) is 16.0. The molecule has 6 heteroatoms. The van der Waals surface area contributed by atoms with E-state index in [4.69, 9.17) is 11.6 Å². The van der Waals surface area contributed by atoms with Crippen LogP contribution in [0.15, 0.2) is 35.5 Å². The fourth-order valence-corrected chi connectivity index (χ4v) is 3.48. The van der Waals surface area contributed by atoms with E-state index in [1.807, 2.05) is 16.7 Å². The Morgan fingerprint density at radius 2 is 2.04 bits per heavy atom. The molecule has 23 heavy (non-hydrogen) atoms. The molecule has 0 spiro atoms. The third-order valence-electron chi connectivity index (χ3n) is 4.41. The lowest BCUT2D eigenvalue weighted by atomic mass is 9.98. The summed E-state index contributed by atoms with van der Waals surface area (Å²) in [6.45, 7) is 0. The smallest absolute Gasteiger partial charge is 0.280 e. The molecular formula is C17H14ClN3O2. The van der Waals surface area contributed by atoms with Gasteiger partial charge in [-0.25, -0.2) is 4.98 Å². The van der Waals surface area contributed by atoms with Crippen molar-refractivity contribution in [1.29, 1.82) is 0 Å². The maximum atomic E-state index is 12.9. The van der Waals surface area contributed by atoms with Gasteiger partial charge < -0.3 is 4.40 Å². The Kier molecular flexibility index (Phi) is 3.31. The number of aldehydes is 1. The molecule has 4 rings (SSSR count). The molecule has 0 saturated carbocycles. The first-order valence-corrected chi connectivity index (χ1v) is 7.93. The van der Waals surface area contributed by atoms with Crippen molar-refractivity contribution in [2.24, 2.45) is 0 Å². The maximum absolute atomic E-state index is 12.9. The van der Waals surface area contributed by atoms with Crippen LogP contribution in [0.5, 0.6) is 0 Å². The molecule has 116 valence electrons. The lowest BCUT2D eigenvalue weighted by molar-refractivity contribution is 0.112. The van der Waals surface area contributed by atoms with Crippen LogP contribution in [0.2, 0.25) is 5.02 Å². The van der Waals surface area contributed by atoms with Gasteiger partial charge in [0.25, 0.3) is 5.56 Å². The molecule has 0 saturated heterocycles. The summed E-state index contributed by atoms with van der Waals surface area (Å²) in [6, 6.07) is 3.49. The van der Waals surface area contributed by atoms with E-state index < -0.39 is 0 Å². The zero-order valence-corrected chi connectivity index (χ0v) is 13.1. The predicted molar refractivity (Wildman–Crippen MR) is 87.8 cm³/mol. The number of aryl methyl sites for hydroxylation is 2. The second-order valence-corrected chi connectivity index (χ2v) is 6.11. The summed E-state index contributed by atoms with van der Waals surface area (Å²) in [5.74, 6) is 0.263. The summed E-state index contributed by atoms with van der Waals surface area (Å²) in [5.41, 5.74) is 3.08. The molecule has 0 aromatic carbocycles. The number of hydrogen-bond donors (Lipinski definition) is 0. The molecule has 0 bridgehead atoms. The number of hydrogen-bond acceptors (Lipinski definition) is 3. The van der Waals surface area contributed by atoms with Gasteiger partial charge >= 0.3 is 0 Å². The van der Waals surface area contributed by atoms with E-state index in [0.717, 1.165) is 25.7 Å². The number of nitrogens with zero attached hydrogens (tertiary/aromatic N) is 3. The van der Waals surface area contributed by atoms with Crippen LogP contribution in [-0.4, -0.2) is 20.2 Å². The average Bonchev–Trinajstić information content (AvgIpc) is 2.95. The van der Waals surface area contributed by atoms with E-state index in [0.29, 0.717) is 11.8 Å². The Morgan fingerprint density at radius 1 is 1.22 bits per heavy atom. The highest BCUT2D eigenvalue weighted by Crippen LogP contribution is 2.24. The van der Waals surface area contributed by atoms with Crippen molar-refractivity contribution in [2.45, 2.75) is 25.7 Å². The van der Waals surface area contributed by atoms with Crippen LogP contribution in [0.1, 0.15) is 34.5 Å². The molecule has 0 radical (unpaired) electrons. The van der Waals surface area contributed by atoms with Gasteiger partial charge in [0, 0.05) is 24.3 Å². The molecule has 1 aliphatic carbocycles. The predicted octanol–water partition coefficient (Wildman–Crippen LogP) is 2.83. The normalized spacial score (nSPS) is 14.0. The maximum Gasteiger partial charge on any atom is 0.280 e. The van der Waals surface area contributed by atoms with Gasteiger partial charge in [0.15, 0.2) is 12.1 Å². The molecule has 0 unspecified atom stereocenters. The van der Waals surface area contributed by atoms with Gasteiger partial charge in [-0.15, -0.1) is 0 Å². The Labute approximate surface area is 137 Å². The number of fused-ring (bicyclic) bond motifs is 3. The first-order valence-electron chi connectivity index (χ1n) is 7.55. The quantitative estimate of drug-likeness (QED) is 0.680. The summed E-state index contributed by atoms with van der Waals surface area (Å²) in [4.78, 5) is 28.3. The summed E-state index contributed by atoms with van der Waals surface area (Å²) in [5, 5.41) is 0.284. The number of carbonyl (C=O) groups excluding carboxylic acids is 1. The molecule has 3 aromatic heterocycles. The summed E-state index contributed by atoms with van der Waals surface area (Å²) >= 11 is 6.04. The first kappa shape index (κ1) is 14.2. The minimum absolute atomic E-state index is 0.195. The second-order valence-electron chi connectivity index (χ2n) is 5.70. The standard InChI is InChI=1S/C17H14ClN3O2/c18-13-5-6-19-16(12(13)10-22)21-8-7-20-14-4-2-1-3-11(14)9-15(20)17(21)23/h5-10H,1-4H2. The topological polar surface area (TPSA) is 56.4 Å². The van der Waals surface area contributed by atoms with Crippen molar-refractivity contribution in [3.63, 3.8) is 0 Å². The molecule has 3 aromatic rings. The molecule has 0 atom stereocenters. The second kappa shape index (κ2) is 5.35. The molecule has 3 heterocycles. The minimum atomic E-state index is -0.195.